The molecule has 0 aliphatic heterocycles. The van der Waals surface area contributed by atoms with Crippen LogP contribution < -0.4 is 20.1 Å². The zero-order valence-electron chi connectivity index (χ0n) is 15.0. The minimum atomic E-state index is -0.292. The highest BCUT2D eigenvalue weighted by molar-refractivity contribution is 6.06. The van der Waals surface area contributed by atoms with Gasteiger partial charge < -0.3 is 20.1 Å². The molecule has 2 rings (SSSR count). The van der Waals surface area contributed by atoms with Gasteiger partial charge in [0.15, 0.2) is 0 Å². The van der Waals surface area contributed by atoms with Gasteiger partial charge in [-0.15, -0.1) is 0 Å². The normalized spacial score (nSPS) is 10.1. The van der Waals surface area contributed by atoms with Crippen LogP contribution in [0.3, 0.4) is 0 Å². The molecule has 0 aliphatic rings. The lowest BCUT2D eigenvalue weighted by Gasteiger charge is -2.15. The molecule has 0 spiro atoms. The fourth-order valence-corrected chi connectivity index (χ4v) is 2.51. The van der Waals surface area contributed by atoms with Crippen molar-refractivity contribution in [2.75, 3.05) is 24.9 Å². The van der Waals surface area contributed by atoms with Crippen LogP contribution in [0.1, 0.15) is 28.4 Å². The summed E-state index contributed by atoms with van der Waals surface area (Å²) in [6.45, 7) is 5.13. The van der Waals surface area contributed by atoms with Gasteiger partial charge in [-0.3, -0.25) is 9.59 Å². The molecule has 0 aliphatic carbocycles. The summed E-state index contributed by atoms with van der Waals surface area (Å²) in [5.74, 6) is 0.695. The third-order valence-corrected chi connectivity index (χ3v) is 3.91. The van der Waals surface area contributed by atoms with Gasteiger partial charge in [-0.05, 0) is 43.7 Å². The number of amides is 2. The van der Waals surface area contributed by atoms with Gasteiger partial charge in [0.05, 0.1) is 14.2 Å². The lowest BCUT2D eigenvalue weighted by atomic mass is 10.1. The smallest absolute Gasteiger partial charge is 0.255 e. The van der Waals surface area contributed by atoms with Gasteiger partial charge in [-0.2, -0.15) is 0 Å². The summed E-state index contributed by atoms with van der Waals surface area (Å²) in [7, 11) is 3.09. The van der Waals surface area contributed by atoms with Gasteiger partial charge in [0.2, 0.25) is 5.91 Å². The summed E-state index contributed by atoms with van der Waals surface area (Å²) in [6, 6.07) is 8.66. The van der Waals surface area contributed by atoms with Crippen LogP contribution in [0.2, 0.25) is 0 Å². The van der Waals surface area contributed by atoms with Crippen molar-refractivity contribution in [1.82, 2.24) is 0 Å². The van der Waals surface area contributed by atoms with E-state index in [2.05, 4.69) is 10.6 Å². The summed E-state index contributed by atoms with van der Waals surface area (Å²) in [5, 5.41) is 5.60. The molecule has 6 heteroatoms. The summed E-state index contributed by atoms with van der Waals surface area (Å²) >= 11 is 0. The number of benzene rings is 2. The maximum absolute atomic E-state index is 12.6. The molecule has 0 saturated heterocycles. The number of methoxy groups -OCH3 is 2. The van der Waals surface area contributed by atoms with Crippen molar-refractivity contribution >= 4 is 23.2 Å². The van der Waals surface area contributed by atoms with E-state index in [1.54, 1.807) is 44.6 Å². The van der Waals surface area contributed by atoms with Crippen molar-refractivity contribution in [2.45, 2.75) is 20.8 Å². The van der Waals surface area contributed by atoms with E-state index < -0.39 is 0 Å². The Hall–Kier alpha value is -3.02. The van der Waals surface area contributed by atoms with Crippen LogP contribution in [0.25, 0.3) is 0 Å². The Morgan fingerprint density at radius 3 is 1.88 bits per heavy atom. The maximum Gasteiger partial charge on any atom is 0.255 e. The third-order valence-electron chi connectivity index (χ3n) is 3.91. The quantitative estimate of drug-likeness (QED) is 0.871. The second kappa shape index (κ2) is 7.70. The molecule has 0 fully saturated rings. The Kier molecular flexibility index (Phi) is 5.64. The summed E-state index contributed by atoms with van der Waals surface area (Å²) in [4.78, 5) is 23.9. The number of ether oxygens (including phenoxy) is 2. The van der Waals surface area contributed by atoms with Gasteiger partial charge >= 0.3 is 0 Å². The molecule has 0 heterocycles. The predicted molar refractivity (Wildman–Crippen MR) is 97.7 cm³/mol. The molecule has 0 aromatic heterocycles. The van der Waals surface area contributed by atoms with E-state index in [0.29, 0.717) is 28.4 Å². The van der Waals surface area contributed by atoms with Gasteiger partial charge in [0.1, 0.15) is 11.5 Å². The van der Waals surface area contributed by atoms with Crippen molar-refractivity contribution in [3.8, 4) is 11.5 Å². The first-order chi connectivity index (χ1) is 11.9. The van der Waals surface area contributed by atoms with Crippen molar-refractivity contribution in [2.24, 2.45) is 0 Å². The molecule has 132 valence electrons. The Morgan fingerprint density at radius 1 is 0.880 bits per heavy atom. The second-order valence-corrected chi connectivity index (χ2v) is 5.62. The predicted octanol–water partition coefficient (Wildman–Crippen LogP) is 3.53. The highest BCUT2D eigenvalue weighted by atomic mass is 16.5. The summed E-state index contributed by atoms with van der Waals surface area (Å²) < 4.78 is 10.6. The highest BCUT2D eigenvalue weighted by Crippen LogP contribution is 2.30. The number of hydrogen-bond donors (Lipinski definition) is 2. The first-order valence-electron chi connectivity index (χ1n) is 7.78. The molecule has 0 saturated carbocycles. The maximum atomic E-state index is 12.6. The molecule has 0 bridgehead atoms. The molecule has 0 atom stereocenters. The number of carbonyl (C=O) groups is 2. The molecule has 0 radical (unpaired) electrons. The number of rotatable bonds is 5. The first kappa shape index (κ1) is 18.3. The summed E-state index contributed by atoms with van der Waals surface area (Å²) in [6.07, 6.45) is 0. The summed E-state index contributed by atoms with van der Waals surface area (Å²) in [5.41, 5.74) is 3.30. The molecular formula is C19H22N2O4. The lowest BCUT2D eigenvalue weighted by Crippen LogP contribution is -2.15. The average Bonchev–Trinajstić information content (AvgIpc) is 2.58. The fraction of sp³-hybridized carbons (Fsp3) is 0.263. The van der Waals surface area contributed by atoms with E-state index in [0.717, 1.165) is 11.1 Å². The van der Waals surface area contributed by atoms with Crippen LogP contribution in [0.5, 0.6) is 11.5 Å². The van der Waals surface area contributed by atoms with E-state index in [4.69, 9.17) is 9.47 Å². The molecule has 2 aromatic rings. The Bertz CT molecular complexity index is 790. The molecule has 2 amide bonds. The van der Waals surface area contributed by atoms with E-state index in [1.807, 2.05) is 13.8 Å². The van der Waals surface area contributed by atoms with Gasteiger partial charge in [-0.25, -0.2) is 0 Å². The SMILES string of the molecule is COc1cc(C(=O)Nc2cccc(NC(C)=O)c2C)cc(OC)c1C. The molecule has 2 aromatic carbocycles. The zero-order chi connectivity index (χ0) is 18.6. The Balaban J connectivity index is 2.33. The van der Waals surface area contributed by atoms with E-state index in [9.17, 15) is 9.59 Å². The van der Waals surface area contributed by atoms with Crippen molar-refractivity contribution in [1.29, 1.82) is 0 Å². The second-order valence-electron chi connectivity index (χ2n) is 5.62. The number of nitrogens with one attached hydrogen (secondary N) is 2. The largest absolute Gasteiger partial charge is 0.496 e. The van der Waals surface area contributed by atoms with E-state index in [1.165, 1.54) is 6.92 Å². The molecule has 0 unspecified atom stereocenters. The molecular weight excluding hydrogens is 320 g/mol. The van der Waals surface area contributed by atoms with Crippen LogP contribution in [0, 0.1) is 13.8 Å². The highest BCUT2D eigenvalue weighted by Gasteiger charge is 2.15. The van der Waals surface area contributed by atoms with Gasteiger partial charge in [-0.1, -0.05) is 6.07 Å². The van der Waals surface area contributed by atoms with Crippen LogP contribution in [0.4, 0.5) is 11.4 Å². The lowest BCUT2D eigenvalue weighted by molar-refractivity contribution is -0.114. The minimum Gasteiger partial charge on any atom is -0.496 e. The van der Waals surface area contributed by atoms with Crippen molar-refractivity contribution in [3.63, 3.8) is 0 Å². The third kappa shape index (κ3) is 4.09. The minimum absolute atomic E-state index is 0.167. The van der Waals surface area contributed by atoms with Crippen molar-refractivity contribution in [3.05, 3.63) is 47.0 Å². The monoisotopic (exact) mass is 342 g/mol. The van der Waals surface area contributed by atoms with Crippen LogP contribution in [-0.2, 0) is 4.79 Å². The average molecular weight is 342 g/mol. The van der Waals surface area contributed by atoms with Crippen molar-refractivity contribution < 1.29 is 19.1 Å². The topological polar surface area (TPSA) is 76.7 Å². The van der Waals surface area contributed by atoms with Crippen LogP contribution in [0.15, 0.2) is 30.3 Å². The number of hydrogen-bond acceptors (Lipinski definition) is 4. The number of anilines is 2. The number of carbonyl (C=O) groups excluding carboxylic acids is 2. The van der Waals surface area contributed by atoms with E-state index >= 15 is 0 Å². The van der Waals surface area contributed by atoms with E-state index in [-0.39, 0.29) is 11.8 Å². The fourth-order valence-electron chi connectivity index (χ4n) is 2.51. The first-order valence-corrected chi connectivity index (χ1v) is 7.78. The molecule has 2 N–H and O–H groups in total. The Morgan fingerprint density at radius 2 is 1.40 bits per heavy atom. The van der Waals surface area contributed by atoms with Crippen LogP contribution in [-0.4, -0.2) is 26.0 Å². The standard InChI is InChI=1S/C19H22N2O4/c1-11-15(20-13(3)22)7-6-8-16(11)21-19(23)14-9-17(24-4)12(2)18(10-14)25-5/h6-10H,1-5H3,(H,20,22)(H,21,23). The van der Waals surface area contributed by atoms with Crippen LogP contribution >= 0.6 is 0 Å². The Labute approximate surface area is 147 Å². The van der Waals surface area contributed by atoms with Gasteiger partial charge in [0.25, 0.3) is 5.91 Å². The zero-order valence-corrected chi connectivity index (χ0v) is 15.0. The molecule has 25 heavy (non-hydrogen) atoms. The van der Waals surface area contributed by atoms with Gasteiger partial charge in [0, 0.05) is 29.4 Å². The molecule has 6 nitrogen and oxygen atoms in total.